The van der Waals surface area contributed by atoms with Gasteiger partial charge in [0.2, 0.25) is 0 Å². The van der Waals surface area contributed by atoms with Crippen LogP contribution in [-0.2, 0) is 12.6 Å². The van der Waals surface area contributed by atoms with Crippen LogP contribution in [0.5, 0.6) is 0 Å². The van der Waals surface area contributed by atoms with Crippen molar-refractivity contribution in [2.75, 3.05) is 0 Å². The third-order valence-corrected chi connectivity index (χ3v) is 3.55. The summed E-state index contributed by atoms with van der Waals surface area (Å²) in [6.45, 7) is 3.76. The molecule has 0 saturated heterocycles. The van der Waals surface area contributed by atoms with E-state index >= 15 is 0 Å². The molecule has 1 fully saturated rings. The molecule has 2 nitrogen and oxygen atoms in total. The summed E-state index contributed by atoms with van der Waals surface area (Å²) in [6, 6.07) is 0.00389. The fourth-order valence-corrected chi connectivity index (χ4v) is 2.77. The molecule has 1 saturated carbocycles. The Morgan fingerprint density at radius 2 is 2.06 bits per heavy atom. The van der Waals surface area contributed by atoms with Crippen molar-refractivity contribution in [2.24, 2.45) is 5.92 Å². The largest absolute Gasteiger partial charge is 0.435 e. The number of alkyl halides is 3. The number of hydrogen-bond acceptors (Lipinski definition) is 1. The number of rotatable bonds is 1. The highest BCUT2D eigenvalue weighted by molar-refractivity contribution is 5.41. The average molecular weight is 230 g/mol. The Morgan fingerprint density at radius 1 is 1.38 bits per heavy atom. The van der Waals surface area contributed by atoms with E-state index in [0.717, 1.165) is 12.1 Å². The van der Waals surface area contributed by atoms with Gasteiger partial charge in [-0.05, 0) is 32.6 Å². The van der Waals surface area contributed by atoms with Crippen LogP contribution in [0.4, 0.5) is 13.2 Å². The van der Waals surface area contributed by atoms with Crippen LogP contribution in [0, 0.1) is 5.92 Å². The Hall–Kier alpha value is -1.00. The maximum absolute atomic E-state index is 12.8. The fraction of sp³-hybridized carbons (Fsp3) is 0.727. The van der Waals surface area contributed by atoms with E-state index in [-0.39, 0.29) is 6.04 Å². The summed E-state index contributed by atoms with van der Waals surface area (Å²) in [5, 5.41) is 3.77. The van der Waals surface area contributed by atoms with Crippen molar-refractivity contribution in [3.63, 3.8) is 0 Å². The van der Waals surface area contributed by atoms with Gasteiger partial charge in [0.05, 0.1) is 0 Å². The van der Waals surface area contributed by atoms with E-state index in [0.29, 0.717) is 23.8 Å². The van der Waals surface area contributed by atoms with Crippen LogP contribution in [0.1, 0.15) is 49.2 Å². The molecule has 0 spiro atoms. The summed E-state index contributed by atoms with van der Waals surface area (Å²) in [7, 11) is 0. The van der Waals surface area contributed by atoms with Crippen molar-refractivity contribution in [2.45, 2.75) is 44.8 Å². The van der Waals surface area contributed by atoms with Gasteiger partial charge < -0.3 is 0 Å². The van der Waals surface area contributed by atoms with Gasteiger partial charge in [0, 0.05) is 23.2 Å². The minimum atomic E-state index is -4.30. The van der Waals surface area contributed by atoms with Crippen LogP contribution in [0.3, 0.4) is 0 Å². The van der Waals surface area contributed by atoms with E-state index in [4.69, 9.17) is 0 Å². The molecule has 0 N–H and O–H groups in total. The highest BCUT2D eigenvalue weighted by Crippen LogP contribution is 2.58. The highest BCUT2D eigenvalue weighted by Gasteiger charge is 2.52. The van der Waals surface area contributed by atoms with Crippen LogP contribution < -0.4 is 0 Å². The normalized spacial score (nSPS) is 27.1. The lowest BCUT2D eigenvalue weighted by atomic mass is 10.1. The first-order valence-corrected chi connectivity index (χ1v) is 5.58. The maximum atomic E-state index is 12.8. The molecule has 1 heterocycles. The van der Waals surface area contributed by atoms with Crippen molar-refractivity contribution in [1.29, 1.82) is 0 Å². The average Bonchev–Trinajstić information content (AvgIpc) is 2.65. The molecule has 0 amide bonds. The predicted octanol–water partition coefficient (Wildman–Crippen LogP) is 3.14. The van der Waals surface area contributed by atoms with Crippen LogP contribution in [0.15, 0.2) is 0 Å². The Bertz CT molecular complexity index is 445. The van der Waals surface area contributed by atoms with Crippen LogP contribution in [-0.4, -0.2) is 9.78 Å². The lowest BCUT2D eigenvalue weighted by Crippen LogP contribution is -2.11. The van der Waals surface area contributed by atoms with Gasteiger partial charge in [0.1, 0.15) is 0 Å². The smallest absolute Gasteiger partial charge is 0.266 e. The summed E-state index contributed by atoms with van der Waals surface area (Å²) in [6.07, 6.45) is -2.69. The molecule has 2 aliphatic carbocycles. The molecule has 1 aromatic rings. The fourth-order valence-electron chi connectivity index (χ4n) is 2.77. The summed E-state index contributed by atoms with van der Waals surface area (Å²) in [5.74, 6) is 0.806. The summed E-state index contributed by atoms with van der Waals surface area (Å²) >= 11 is 0. The second kappa shape index (κ2) is 2.81. The summed E-state index contributed by atoms with van der Waals surface area (Å²) in [4.78, 5) is 0. The number of halogens is 3. The van der Waals surface area contributed by atoms with E-state index in [1.807, 2.05) is 13.8 Å². The minimum Gasteiger partial charge on any atom is -0.266 e. The maximum Gasteiger partial charge on any atom is 0.435 e. The molecule has 0 aromatic carbocycles. The van der Waals surface area contributed by atoms with Gasteiger partial charge in [-0.15, -0.1) is 0 Å². The second-order valence-electron chi connectivity index (χ2n) is 5.05. The standard InChI is InChI=1S/C11H13F3N2/c1-5(2)16-9-7-3-6(7)4-8(9)10(15-16)11(12,13)14/h5-7H,3-4H2,1-2H3. The Morgan fingerprint density at radius 3 is 2.62 bits per heavy atom. The first-order chi connectivity index (χ1) is 7.39. The number of fused-ring (bicyclic) bond motifs is 3. The molecule has 2 atom stereocenters. The van der Waals surface area contributed by atoms with Crippen molar-refractivity contribution in [3.05, 3.63) is 17.0 Å². The highest BCUT2D eigenvalue weighted by atomic mass is 19.4. The molecular weight excluding hydrogens is 217 g/mol. The zero-order valence-corrected chi connectivity index (χ0v) is 9.17. The van der Waals surface area contributed by atoms with E-state index in [1.54, 1.807) is 4.68 Å². The van der Waals surface area contributed by atoms with Crippen LogP contribution in [0.2, 0.25) is 0 Å². The number of aromatic nitrogens is 2. The topological polar surface area (TPSA) is 17.8 Å². The molecule has 0 bridgehead atoms. The van der Waals surface area contributed by atoms with E-state index in [9.17, 15) is 13.2 Å². The van der Waals surface area contributed by atoms with Gasteiger partial charge in [0.25, 0.3) is 0 Å². The number of nitrogens with zero attached hydrogens (tertiary/aromatic N) is 2. The van der Waals surface area contributed by atoms with Crippen molar-refractivity contribution >= 4 is 0 Å². The molecular formula is C11H13F3N2. The zero-order chi connectivity index (χ0) is 11.7. The van der Waals surface area contributed by atoms with Gasteiger partial charge in [-0.25, -0.2) is 0 Å². The molecule has 16 heavy (non-hydrogen) atoms. The lowest BCUT2D eigenvalue weighted by Gasteiger charge is -2.09. The summed E-state index contributed by atoms with van der Waals surface area (Å²) in [5.41, 5.74) is 0.665. The van der Waals surface area contributed by atoms with Crippen molar-refractivity contribution < 1.29 is 13.2 Å². The third-order valence-electron chi connectivity index (χ3n) is 3.55. The van der Waals surface area contributed by atoms with Gasteiger partial charge >= 0.3 is 6.18 Å². The molecule has 0 aliphatic heterocycles. The molecule has 0 radical (unpaired) electrons. The Kier molecular flexibility index (Phi) is 1.79. The van der Waals surface area contributed by atoms with Crippen LogP contribution in [0.25, 0.3) is 0 Å². The monoisotopic (exact) mass is 230 g/mol. The quantitative estimate of drug-likeness (QED) is 0.724. The Balaban J connectivity index is 2.16. The van der Waals surface area contributed by atoms with Crippen LogP contribution >= 0.6 is 0 Å². The van der Waals surface area contributed by atoms with E-state index < -0.39 is 11.9 Å². The van der Waals surface area contributed by atoms with E-state index in [2.05, 4.69) is 5.10 Å². The molecule has 1 aromatic heterocycles. The van der Waals surface area contributed by atoms with E-state index in [1.165, 1.54) is 0 Å². The molecule has 2 unspecified atom stereocenters. The second-order valence-corrected chi connectivity index (χ2v) is 5.05. The predicted molar refractivity (Wildman–Crippen MR) is 52.2 cm³/mol. The van der Waals surface area contributed by atoms with Gasteiger partial charge in [0.15, 0.2) is 5.69 Å². The van der Waals surface area contributed by atoms with Gasteiger partial charge in [-0.3, -0.25) is 4.68 Å². The van der Waals surface area contributed by atoms with Gasteiger partial charge in [-0.2, -0.15) is 18.3 Å². The third kappa shape index (κ3) is 1.23. The lowest BCUT2D eigenvalue weighted by molar-refractivity contribution is -0.142. The first kappa shape index (κ1) is 10.2. The molecule has 2 aliphatic rings. The minimum absolute atomic E-state index is 0.00389. The molecule has 5 heteroatoms. The van der Waals surface area contributed by atoms with Gasteiger partial charge in [-0.1, -0.05) is 0 Å². The number of hydrogen-bond donors (Lipinski definition) is 0. The summed E-state index contributed by atoms with van der Waals surface area (Å²) < 4.78 is 39.9. The zero-order valence-electron chi connectivity index (χ0n) is 9.17. The SMILES string of the molecule is CC(C)n1nc(C(F)(F)F)c2c1C1CC1C2. The molecule has 3 rings (SSSR count). The van der Waals surface area contributed by atoms with Crippen molar-refractivity contribution in [3.8, 4) is 0 Å². The first-order valence-electron chi connectivity index (χ1n) is 5.58. The van der Waals surface area contributed by atoms with Crippen molar-refractivity contribution in [1.82, 2.24) is 9.78 Å². The molecule has 88 valence electrons. The Labute approximate surface area is 91.4 Å².